The third kappa shape index (κ3) is 3.48. The summed E-state index contributed by atoms with van der Waals surface area (Å²) < 4.78 is 6.07. The first kappa shape index (κ1) is 26.3. The standard InChI is InChI=1S/C28H37NO7S/c1-15(30)29-21(14-37-25(29,2)3)23(33)36-28(24(34)35)11-9-19-18-7-6-16-12-17(31)13-22(32)27(16,5)20(18)8-10-26(19,28)4/h12-13,18-21,32H,6-11,14H2,1-5H3,(H,34,35)/t18?,19?,20?,21-,26?,27?,28?/m1/s1. The van der Waals surface area contributed by atoms with Crippen molar-refractivity contribution < 1.29 is 34.1 Å². The molecule has 9 heteroatoms. The lowest BCUT2D eigenvalue weighted by Gasteiger charge is -2.58. The second kappa shape index (κ2) is 8.35. The fourth-order valence-electron chi connectivity index (χ4n) is 8.68. The molecule has 1 aliphatic heterocycles. The number of aliphatic hydroxyl groups is 1. The van der Waals surface area contributed by atoms with Gasteiger partial charge in [0.1, 0.15) is 11.8 Å². The van der Waals surface area contributed by atoms with E-state index in [1.54, 1.807) is 6.08 Å². The summed E-state index contributed by atoms with van der Waals surface area (Å²) in [6.07, 6.45) is 6.49. The highest BCUT2D eigenvalue weighted by Gasteiger charge is 2.70. The highest BCUT2D eigenvalue weighted by Crippen LogP contribution is 2.68. The molecule has 37 heavy (non-hydrogen) atoms. The summed E-state index contributed by atoms with van der Waals surface area (Å²) in [6, 6.07) is -0.823. The molecule has 1 heterocycles. The third-order valence-corrected chi connectivity index (χ3v) is 11.9. The molecule has 8 nitrogen and oxygen atoms in total. The smallest absolute Gasteiger partial charge is 0.348 e. The van der Waals surface area contributed by atoms with Crippen LogP contribution in [-0.4, -0.2) is 61.0 Å². The van der Waals surface area contributed by atoms with Crippen LogP contribution in [-0.2, 0) is 23.9 Å². The molecule has 6 unspecified atom stereocenters. The number of hydrogen-bond donors (Lipinski definition) is 2. The number of fused-ring (bicyclic) bond motifs is 5. The van der Waals surface area contributed by atoms with Crippen LogP contribution in [0.2, 0.25) is 0 Å². The van der Waals surface area contributed by atoms with Crippen LogP contribution >= 0.6 is 11.8 Å². The molecule has 5 aliphatic rings. The highest BCUT2D eigenvalue weighted by molar-refractivity contribution is 8.00. The molecule has 5 rings (SSSR count). The van der Waals surface area contributed by atoms with Gasteiger partial charge in [-0.15, -0.1) is 11.8 Å². The predicted octanol–water partition coefficient (Wildman–Crippen LogP) is 4.25. The Balaban J connectivity index is 1.46. The van der Waals surface area contributed by atoms with Gasteiger partial charge in [-0.05, 0) is 83.1 Å². The Labute approximate surface area is 221 Å². The summed E-state index contributed by atoms with van der Waals surface area (Å²) in [5, 5.41) is 21.5. The summed E-state index contributed by atoms with van der Waals surface area (Å²) in [7, 11) is 0. The second-order valence-electron chi connectivity index (χ2n) is 12.4. The maximum atomic E-state index is 13.6. The summed E-state index contributed by atoms with van der Waals surface area (Å²) in [5.41, 5.74) is -2.11. The van der Waals surface area contributed by atoms with Gasteiger partial charge in [0.15, 0.2) is 5.78 Å². The summed E-state index contributed by atoms with van der Waals surface area (Å²) in [6.45, 7) is 9.13. The van der Waals surface area contributed by atoms with E-state index in [4.69, 9.17) is 4.74 Å². The molecule has 0 aromatic carbocycles. The van der Waals surface area contributed by atoms with Crippen LogP contribution in [0, 0.1) is 28.6 Å². The number of carboxylic acid groups (broad SMARTS) is 1. The molecule has 4 fully saturated rings. The van der Waals surface area contributed by atoms with E-state index in [0.717, 1.165) is 12.0 Å². The van der Waals surface area contributed by atoms with Crippen molar-refractivity contribution in [3.05, 3.63) is 23.5 Å². The predicted molar refractivity (Wildman–Crippen MR) is 137 cm³/mol. The normalized spacial score (nSPS) is 42.2. The summed E-state index contributed by atoms with van der Waals surface area (Å²) in [4.78, 5) is 51.9. The Hall–Kier alpha value is -2.29. The minimum absolute atomic E-state index is 0.00254. The summed E-state index contributed by atoms with van der Waals surface area (Å²) >= 11 is 1.48. The monoisotopic (exact) mass is 531 g/mol. The Morgan fingerprint density at radius 3 is 2.38 bits per heavy atom. The maximum absolute atomic E-state index is 13.6. The largest absolute Gasteiger partial charge is 0.511 e. The highest BCUT2D eigenvalue weighted by atomic mass is 32.2. The van der Waals surface area contributed by atoms with Crippen molar-refractivity contribution in [1.82, 2.24) is 4.90 Å². The van der Waals surface area contributed by atoms with Crippen LogP contribution in [0.5, 0.6) is 0 Å². The molecule has 3 saturated carbocycles. The fraction of sp³-hybridized carbons (Fsp3) is 0.714. The maximum Gasteiger partial charge on any atom is 0.348 e. The number of carbonyl (C=O) groups excluding carboxylic acids is 3. The molecule has 0 radical (unpaired) electrons. The van der Waals surface area contributed by atoms with Gasteiger partial charge in [-0.25, -0.2) is 9.59 Å². The van der Waals surface area contributed by atoms with E-state index >= 15 is 0 Å². The number of amides is 1. The zero-order chi connectivity index (χ0) is 27.1. The van der Waals surface area contributed by atoms with Crippen molar-refractivity contribution >= 4 is 35.4 Å². The molecule has 202 valence electrons. The Morgan fingerprint density at radius 1 is 1.05 bits per heavy atom. The Kier molecular flexibility index (Phi) is 5.94. The van der Waals surface area contributed by atoms with Crippen LogP contribution < -0.4 is 0 Å². The Morgan fingerprint density at radius 2 is 1.73 bits per heavy atom. The number of aliphatic carboxylic acids is 1. The first-order valence-corrected chi connectivity index (χ1v) is 14.2. The second-order valence-corrected chi connectivity index (χ2v) is 14.1. The molecule has 1 saturated heterocycles. The molecule has 1 amide bonds. The summed E-state index contributed by atoms with van der Waals surface area (Å²) in [5.74, 6) is -1.52. The zero-order valence-electron chi connectivity index (χ0n) is 22.2. The van der Waals surface area contributed by atoms with Gasteiger partial charge in [0, 0.05) is 29.6 Å². The van der Waals surface area contributed by atoms with Gasteiger partial charge in [0.2, 0.25) is 11.5 Å². The average molecular weight is 532 g/mol. The van der Waals surface area contributed by atoms with E-state index in [0.29, 0.717) is 31.4 Å². The first-order valence-electron chi connectivity index (χ1n) is 13.3. The average Bonchev–Trinajstić information content (AvgIpc) is 3.29. The van der Waals surface area contributed by atoms with E-state index in [1.165, 1.54) is 29.7 Å². The van der Waals surface area contributed by atoms with E-state index < -0.39 is 39.3 Å². The van der Waals surface area contributed by atoms with Gasteiger partial charge >= 0.3 is 11.9 Å². The number of aliphatic hydroxyl groups excluding tert-OH is 1. The molecule has 4 aliphatic carbocycles. The van der Waals surface area contributed by atoms with Crippen LogP contribution in [0.4, 0.5) is 0 Å². The van der Waals surface area contributed by atoms with Crippen molar-refractivity contribution in [3.63, 3.8) is 0 Å². The van der Waals surface area contributed by atoms with Gasteiger partial charge in [-0.3, -0.25) is 9.59 Å². The molecule has 0 aromatic rings. The van der Waals surface area contributed by atoms with Crippen LogP contribution in [0.1, 0.15) is 73.1 Å². The molecular weight excluding hydrogens is 494 g/mol. The lowest BCUT2D eigenvalue weighted by atomic mass is 9.47. The minimum atomic E-state index is -1.67. The van der Waals surface area contributed by atoms with Crippen LogP contribution in [0.3, 0.4) is 0 Å². The number of carbonyl (C=O) groups is 4. The molecule has 0 spiro atoms. The first-order chi connectivity index (χ1) is 17.2. The quantitative estimate of drug-likeness (QED) is 0.519. The molecule has 0 bridgehead atoms. The number of allylic oxidation sites excluding steroid dienone is 3. The fourth-order valence-corrected chi connectivity index (χ4v) is 9.92. The van der Waals surface area contributed by atoms with Gasteiger partial charge in [0.05, 0.1) is 4.87 Å². The number of ketones is 1. The van der Waals surface area contributed by atoms with E-state index in [-0.39, 0.29) is 41.6 Å². The topological polar surface area (TPSA) is 121 Å². The number of thioether (sulfide) groups is 1. The number of hydrogen-bond acceptors (Lipinski definition) is 7. The minimum Gasteiger partial charge on any atom is -0.511 e. The van der Waals surface area contributed by atoms with Gasteiger partial charge < -0.3 is 19.8 Å². The number of rotatable bonds is 3. The Bertz CT molecular complexity index is 1140. The van der Waals surface area contributed by atoms with Gasteiger partial charge in [-0.1, -0.05) is 12.5 Å². The van der Waals surface area contributed by atoms with Crippen molar-refractivity contribution in [3.8, 4) is 0 Å². The van der Waals surface area contributed by atoms with Gasteiger partial charge in [0.25, 0.3) is 0 Å². The molecule has 2 N–H and O–H groups in total. The van der Waals surface area contributed by atoms with Crippen molar-refractivity contribution in [2.75, 3.05) is 5.75 Å². The zero-order valence-corrected chi connectivity index (χ0v) is 23.0. The number of ether oxygens (including phenoxy) is 1. The van der Waals surface area contributed by atoms with Crippen LogP contribution in [0.15, 0.2) is 23.5 Å². The number of carboxylic acids is 1. The number of esters is 1. The van der Waals surface area contributed by atoms with Crippen molar-refractivity contribution in [2.45, 2.75) is 89.7 Å². The van der Waals surface area contributed by atoms with E-state index in [2.05, 4.69) is 0 Å². The van der Waals surface area contributed by atoms with Crippen molar-refractivity contribution in [2.24, 2.45) is 28.6 Å². The van der Waals surface area contributed by atoms with E-state index in [9.17, 15) is 29.4 Å². The molecular formula is C28H37NO7S. The van der Waals surface area contributed by atoms with E-state index in [1.807, 2.05) is 27.7 Å². The number of nitrogens with zero attached hydrogens (tertiary/aromatic N) is 1. The lowest BCUT2D eigenvalue weighted by molar-refractivity contribution is -0.204. The SMILES string of the molecule is CC(=O)N1[C@@H](C(=O)OC2(C(=O)O)CCC3C4CCC5=CC(=O)C=C(O)C5(C)C4CCC32C)CSC1(C)C. The van der Waals surface area contributed by atoms with Crippen LogP contribution in [0.25, 0.3) is 0 Å². The third-order valence-electron chi connectivity index (χ3n) is 10.6. The lowest BCUT2D eigenvalue weighted by Crippen LogP contribution is -2.61. The molecule has 0 aromatic heterocycles. The molecule has 7 atom stereocenters. The van der Waals surface area contributed by atoms with Gasteiger partial charge in [-0.2, -0.15) is 0 Å². The van der Waals surface area contributed by atoms with Crippen molar-refractivity contribution in [1.29, 1.82) is 0 Å².